The lowest BCUT2D eigenvalue weighted by molar-refractivity contribution is 0.194. The molecular formula is C11H14F2N2O2. The van der Waals surface area contributed by atoms with E-state index in [4.69, 9.17) is 4.74 Å². The van der Waals surface area contributed by atoms with Crippen molar-refractivity contribution in [1.82, 2.24) is 5.32 Å². The highest BCUT2D eigenvalue weighted by molar-refractivity contribution is 5.89. The number of hydrogen-bond donors (Lipinski definition) is 2. The Kier molecular flexibility index (Phi) is 5.35. The number of rotatable bonds is 5. The van der Waals surface area contributed by atoms with Gasteiger partial charge in [-0.25, -0.2) is 13.6 Å². The summed E-state index contributed by atoms with van der Waals surface area (Å²) in [6.45, 7) is 0.879. The molecule has 94 valence electrons. The lowest BCUT2D eigenvalue weighted by atomic mass is 10.3. The SMILES string of the molecule is COCCCNC(=O)Nc1c(F)cccc1F. The van der Waals surface area contributed by atoms with Crippen LogP contribution in [0.1, 0.15) is 6.42 Å². The maximum Gasteiger partial charge on any atom is 0.319 e. The number of nitrogens with one attached hydrogen (secondary N) is 2. The van der Waals surface area contributed by atoms with E-state index in [1.165, 1.54) is 6.07 Å². The van der Waals surface area contributed by atoms with Gasteiger partial charge in [0, 0.05) is 20.3 Å². The fraction of sp³-hybridized carbons (Fsp3) is 0.364. The predicted molar refractivity (Wildman–Crippen MR) is 59.9 cm³/mol. The second-order valence-electron chi connectivity index (χ2n) is 3.32. The molecule has 0 aliphatic rings. The third-order valence-electron chi connectivity index (χ3n) is 2.01. The van der Waals surface area contributed by atoms with Gasteiger partial charge >= 0.3 is 6.03 Å². The lowest BCUT2D eigenvalue weighted by Crippen LogP contribution is -2.30. The summed E-state index contributed by atoms with van der Waals surface area (Å²) in [5.41, 5.74) is -0.447. The zero-order valence-corrected chi connectivity index (χ0v) is 9.43. The molecule has 0 heterocycles. The smallest absolute Gasteiger partial charge is 0.319 e. The van der Waals surface area contributed by atoms with Gasteiger partial charge in [-0.05, 0) is 18.6 Å². The highest BCUT2D eigenvalue weighted by Gasteiger charge is 2.10. The highest BCUT2D eigenvalue weighted by Crippen LogP contribution is 2.17. The third-order valence-corrected chi connectivity index (χ3v) is 2.01. The first-order valence-corrected chi connectivity index (χ1v) is 5.13. The Hall–Kier alpha value is -1.69. The first-order valence-electron chi connectivity index (χ1n) is 5.13. The van der Waals surface area contributed by atoms with Crippen LogP contribution in [0.5, 0.6) is 0 Å². The minimum atomic E-state index is -0.808. The highest BCUT2D eigenvalue weighted by atomic mass is 19.1. The van der Waals surface area contributed by atoms with Crippen LogP contribution in [0.2, 0.25) is 0 Å². The van der Waals surface area contributed by atoms with Gasteiger partial charge in [-0.1, -0.05) is 6.07 Å². The summed E-state index contributed by atoms with van der Waals surface area (Å²) in [5.74, 6) is -1.62. The second kappa shape index (κ2) is 6.80. The van der Waals surface area contributed by atoms with E-state index in [-0.39, 0.29) is 0 Å². The Bertz CT molecular complexity index is 365. The molecule has 0 unspecified atom stereocenters. The largest absolute Gasteiger partial charge is 0.385 e. The minimum Gasteiger partial charge on any atom is -0.385 e. The van der Waals surface area contributed by atoms with E-state index in [9.17, 15) is 13.6 Å². The van der Waals surface area contributed by atoms with Crippen LogP contribution in [-0.2, 0) is 4.74 Å². The normalized spacial score (nSPS) is 10.1. The topological polar surface area (TPSA) is 50.4 Å². The van der Waals surface area contributed by atoms with Gasteiger partial charge in [0.2, 0.25) is 0 Å². The third kappa shape index (κ3) is 4.36. The summed E-state index contributed by atoms with van der Waals surface area (Å²) in [4.78, 5) is 11.3. The van der Waals surface area contributed by atoms with Crippen molar-refractivity contribution in [3.05, 3.63) is 29.8 Å². The summed E-state index contributed by atoms with van der Waals surface area (Å²) in [7, 11) is 1.55. The molecule has 0 fully saturated rings. The number of carbonyl (C=O) groups is 1. The number of benzene rings is 1. The van der Waals surface area contributed by atoms with Gasteiger partial charge in [-0.15, -0.1) is 0 Å². The Morgan fingerprint density at radius 1 is 1.35 bits per heavy atom. The van der Waals surface area contributed by atoms with E-state index < -0.39 is 23.4 Å². The molecule has 0 bridgehead atoms. The molecule has 0 radical (unpaired) electrons. The number of ether oxygens (including phenoxy) is 1. The van der Waals surface area contributed by atoms with Crippen LogP contribution in [0.15, 0.2) is 18.2 Å². The van der Waals surface area contributed by atoms with Gasteiger partial charge in [0.25, 0.3) is 0 Å². The van der Waals surface area contributed by atoms with Crippen molar-refractivity contribution < 1.29 is 18.3 Å². The Balaban J connectivity index is 2.45. The van der Waals surface area contributed by atoms with Gasteiger partial charge in [-0.2, -0.15) is 0 Å². The summed E-state index contributed by atoms with van der Waals surface area (Å²) in [6.07, 6.45) is 0.629. The predicted octanol–water partition coefficient (Wildman–Crippen LogP) is 2.12. The van der Waals surface area contributed by atoms with Crippen molar-refractivity contribution in [2.24, 2.45) is 0 Å². The Morgan fingerprint density at radius 2 is 2.00 bits per heavy atom. The summed E-state index contributed by atoms with van der Waals surface area (Å²) in [6, 6.07) is 2.73. The van der Waals surface area contributed by atoms with Gasteiger partial charge in [-0.3, -0.25) is 0 Å². The van der Waals surface area contributed by atoms with Gasteiger partial charge in [0.1, 0.15) is 17.3 Å². The number of para-hydroxylation sites is 1. The molecule has 6 heteroatoms. The average Bonchev–Trinajstić information content (AvgIpc) is 2.30. The van der Waals surface area contributed by atoms with Crippen molar-refractivity contribution in [3.8, 4) is 0 Å². The fourth-order valence-electron chi connectivity index (χ4n) is 1.19. The van der Waals surface area contributed by atoms with Crippen molar-refractivity contribution in [2.75, 3.05) is 25.6 Å². The molecule has 1 rings (SSSR count). The molecular weight excluding hydrogens is 230 g/mol. The minimum absolute atomic E-state index is 0.371. The molecule has 0 saturated heterocycles. The van der Waals surface area contributed by atoms with Crippen molar-refractivity contribution in [2.45, 2.75) is 6.42 Å². The Morgan fingerprint density at radius 3 is 2.59 bits per heavy atom. The second-order valence-corrected chi connectivity index (χ2v) is 3.32. The molecule has 1 aromatic rings. The van der Waals surface area contributed by atoms with Gasteiger partial charge in [0.05, 0.1) is 0 Å². The first kappa shape index (κ1) is 13.4. The summed E-state index contributed by atoms with van der Waals surface area (Å²) >= 11 is 0. The van der Waals surface area contributed by atoms with Gasteiger partial charge < -0.3 is 15.4 Å². The van der Waals surface area contributed by atoms with Crippen LogP contribution in [0, 0.1) is 11.6 Å². The Labute approximate surface area is 98.0 Å². The van der Waals surface area contributed by atoms with Crippen molar-refractivity contribution in [3.63, 3.8) is 0 Å². The monoisotopic (exact) mass is 244 g/mol. The number of methoxy groups -OCH3 is 1. The molecule has 0 aliphatic heterocycles. The molecule has 0 aliphatic carbocycles. The van der Waals surface area contributed by atoms with Crippen LogP contribution in [0.25, 0.3) is 0 Å². The molecule has 0 atom stereocenters. The zero-order chi connectivity index (χ0) is 12.7. The van der Waals surface area contributed by atoms with Crippen LogP contribution >= 0.6 is 0 Å². The van der Waals surface area contributed by atoms with Crippen LogP contribution in [-0.4, -0.2) is 26.3 Å². The maximum atomic E-state index is 13.2. The van der Waals surface area contributed by atoms with Crippen LogP contribution in [0.3, 0.4) is 0 Å². The van der Waals surface area contributed by atoms with Crippen LogP contribution in [0.4, 0.5) is 19.3 Å². The van der Waals surface area contributed by atoms with Gasteiger partial charge in [0.15, 0.2) is 0 Å². The number of urea groups is 1. The molecule has 0 spiro atoms. The number of anilines is 1. The number of halogens is 2. The summed E-state index contributed by atoms with van der Waals surface area (Å²) in [5, 5.41) is 4.57. The van der Waals surface area contributed by atoms with E-state index in [1.807, 2.05) is 0 Å². The average molecular weight is 244 g/mol. The number of carbonyl (C=O) groups excluding carboxylic acids is 1. The molecule has 17 heavy (non-hydrogen) atoms. The molecule has 0 saturated carbocycles. The van der Waals surface area contributed by atoms with Crippen molar-refractivity contribution >= 4 is 11.7 Å². The van der Waals surface area contributed by atoms with E-state index in [1.54, 1.807) is 7.11 Å². The zero-order valence-electron chi connectivity index (χ0n) is 9.43. The number of hydrogen-bond acceptors (Lipinski definition) is 2. The van der Waals surface area contributed by atoms with E-state index in [2.05, 4.69) is 10.6 Å². The maximum absolute atomic E-state index is 13.2. The lowest BCUT2D eigenvalue weighted by Gasteiger charge is -2.08. The molecule has 1 aromatic carbocycles. The van der Waals surface area contributed by atoms with E-state index in [0.29, 0.717) is 19.6 Å². The number of amides is 2. The standard InChI is InChI=1S/C11H14F2N2O2/c1-17-7-3-6-14-11(16)15-10-8(12)4-2-5-9(10)13/h2,4-5H,3,6-7H2,1H3,(H2,14,15,16). The fourth-order valence-corrected chi connectivity index (χ4v) is 1.19. The molecule has 2 N–H and O–H groups in total. The molecule has 0 aromatic heterocycles. The quantitative estimate of drug-likeness (QED) is 0.779. The molecule has 2 amide bonds. The summed E-state index contributed by atoms with van der Waals surface area (Å²) < 4.78 is 31.1. The van der Waals surface area contributed by atoms with E-state index in [0.717, 1.165) is 12.1 Å². The first-order chi connectivity index (χ1) is 8.15. The van der Waals surface area contributed by atoms with Crippen LogP contribution < -0.4 is 10.6 Å². The van der Waals surface area contributed by atoms with Crippen molar-refractivity contribution in [1.29, 1.82) is 0 Å². The van der Waals surface area contributed by atoms with E-state index >= 15 is 0 Å². The molecule has 4 nitrogen and oxygen atoms in total.